The van der Waals surface area contributed by atoms with Crippen molar-refractivity contribution in [2.75, 3.05) is 12.0 Å². The summed E-state index contributed by atoms with van der Waals surface area (Å²) in [6, 6.07) is 25.2. The smallest absolute Gasteiger partial charge is 0.252 e. The molecule has 7 nitrogen and oxygen atoms in total. The Morgan fingerprint density at radius 1 is 0.892 bits per heavy atom. The molecule has 0 saturated carbocycles. The van der Waals surface area contributed by atoms with Crippen LogP contribution in [0, 0.1) is 6.92 Å². The molecule has 4 aromatic carbocycles. The standard InChI is InChI=1S/C29H26N2O5S/c1-20-7-9-21(10-8-20)19-30(37(34,35)26-16-11-22-5-3-4-6-23(22)17-26)27-18-28(32)31(29(27)33)24-12-14-25(36-2)15-13-24/h3-17,27H,18-19H2,1-2H3. The van der Waals surface area contributed by atoms with E-state index in [0.29, 0.717) is 11.4 Å². The molecule has 1 saturated heterocycles. The summed E-state index contributed by atoms with van der Waals surface area (Å²) >= 11 is 0. The summed E-state index contributed by atoms with van der Waals surface area (Å²) < 4.78 is 34.4. The number of anilines is 1. The van der Waals surface area contributed by atoms with Gasteiger partial charge < -0.3 is 4.74 Å². The minimum absolute atomic E-state index is 0.0461. The number of imide groups is 1. The van der Waals surface area contributed by atoms with Gasteiger partial charge in [0.05, 0.1) is 24.1 Å². The highest BCUT2D eigenvalue weighted by molar-refractivity contribution is 7.89. The Labute approximate surface area is 215 Å². The molecule has 188 valence electrons. The predicted molar refractivity (Wildman–Crippen MR) is 142 cm³/mol. The molecule has 1 aliphatic heterocycles. The first-order chi connectivity index (χ1) is 17.8. The molecule has 4 aromatic rings. The van der Waals surface area contributed by atoms with Gasteiger partial charge in [-0.25, -0.2) is 13.3 Å². The average molecular weight is 515 g/mol. The van der Waals surface area contributed by atoms with Gasteiger partial charge in [0.1, 0.15) is 11.8 Å². The van der Waals surface area contributed by atoms with Crippen LogP contribution in [-0.2, 0) is 26.2 Å². The lowest BCUT2D eigenvalue weighted by Gasteiger charge is -2.27. The Morgan fingerprint density at radius 3 is 2.24 bits per heavy atom. The fourth-order valence-corrected chi connectivity index (χ4v) is 6.15. The topological polar surface area (TPSA) is 84.0 Å². The van der Waals surface area contributed by atoms with Crippen molar-refractivity contribution in [3.63, 3.8) is 0 Å². The number of fused-ring (bicyclic) bond motifs is 1. The first-order valence-corrected chi connectivity index (χ1v) is 13.3. The largest absolute Gasteiger partial charge is 0.497 e. The van der Waals surface area contributed by atoms with E-state index in [0.717, 1.165) is 31.1 Å². The average Bonchev–Trinajstić information content (AvgIpc) is 3.20. The fraction of sp³-hybridized carbons (Fsp3) is 0.172. The van der Waals surface area contributed by atoms with Crippen LogP contribution < -0.4 is 9.64 Å². The Balaban J connectivity index is 1.56. The summed E-state index contributed by atoms with van der Waals surface area (Å²) in [6.07, 6.45) is -0.246. The molecule has 5 rings (SSSR count). The highest BCUT2D eigenvalue weighted by Gasteiger charge is 2.47. The quantitative estimate of drug-likeness (QED) is 0.335. The number of ether oxygens (including phenoxy) is 1. The molecule has 1 heterocycles. The molecule has 1 unspecified atom stereocenters. The number of benzene rings is 4. The molecule has 0 radical (unpaired) electrons. The zero-order valence-electron chi connectivity index (χ0n) is 20.5. The summed E-state index contributed by atoms with van der Waals surface area (Å²) in [5, 5.41) is 1.68. The lowest BCUT2D eigenvalue weighted by molar-refractivity contribution is -0.122. The number of hydrogen-bond donors (Lipinski definition) is 0. The zero-order valence-corrected chi connectivity index (χ0v) is 21.3. The van der Waals surface area contributed by atoms with Gasteiger partial charge in [0, 0.05) is 6.54 Å². The lowest BCUT2D eigenvalue weighted by atomic mass is 10.1. The number of nitrogens with zero attached hydrogens (tertiary/aromatic N) is 2. The van der Waals surface area contributed by atoms with Gasteiger partial charge in [0.2, 0.25) is 15.9 Å². The molecular formula is C29H26N2O5S. The second-order valence-electron chi connectivity index (χ2n) is 9.03. The predicted octanol–water partition coefficient (Wildman–Crippen LogP) is 4.68. The van der Waals surface area contributed by atoms with Crippen molar-refractivity contribution in [2.24, 2.45) is 0 Å². The molecule has 8 heteroatoms. The van der Waals surface area contributed by atoms with Crippen molar-refractivity contribution in [1.82, 2.24) is 4.31 Å². The number of methoxy groups -OCH3 is 1. The molecular weight excluding hydrogens is 488 g/mol. The van der Waals surface area contributed by atoms with E-state index in [9.17, 15) is 18.0 Å². The van der Waals surface area contributed by atoms with Crippen LogP contribution in [0.2, 0.25) is 0 Å². The molecule has 1 aliphatic rings. The molecule has 37 heavy (non-hydrogen) atoms. The van der Waals surface area contributed by atoms with Crippen LogP contribution in [0.1, 0.15) is 17.5 Å². The van der Waals surface area contributed by atoms with Gasteiger partial charge in [-0.3, -0.25) is 9.59 Å². The highest BCUT2D eigenvalue weighted by Crippen LogP contribution is 2.32. The second kappa shape index (κ2) is 9.80. The van der Waals surface area contributed by atoms with Gasteiger partial charge in [0.25, 0.3) is 5.91 Å². The maximum Gasteiger partial charge on any atom is 0.252 e. The number of carbonyl (C=O) groups excluding carboxylic acids is 2. The molecule has 2 amide bonds. The second-order valence-corrected chi connectivity index (χ2v) is 10.9. The maximum absolute atomic E-state index is 14.0. The van der Waals surface area contributed by atoms with E-state index in [1.165, 1.54) is 7.11 Å². The van der Waals surface area contributed by atoms with Gasteiger partial charge in [-0.1, -0.05) is 60.2 Å². The summed E-state index contributed by atoms with van der Waals surface area (Å²) in [4.78, 5) is 27.8. The van der Waals surface area contributed by atoms with Crippen LogP contribution in [0.3, 0.4) is 0 Å². The first-order valence-electron chi connectivity index (χ1n) is 11.8. The Bertz CT molecular complexity index is 1580. The molecule has 0 aromatic heterocycles. The third-order valence-electron chi connectivity index (χ3n) is 6.59. The third kappa shape index (κ3) is 4.73. The summed E-state index contributed by atoms with van der Waals surface area (Å²) in [6.45, 7) is 1.90. The van der Waals surface area contributed by atoms with Crippen LogP contribution >= 0.6 is 0 Å². The number of sulfonamides is 1. The fourth-order valence-electron chi connectivity index (χ4n) is 4.54. The van der Waals surface area contributed by atoms with Crippen LogP contribution in [0.4, 0.5) is 5.69 Å². The highest BCUT2D eigenvalue weighted by atomic mass is 32.2. The Hall–Kier alpha value is -4.01. The SMILES string of the molecule is COc1ccc(N2C(=O)CC(N(Cc3ccc(C)cc3)S(=O)(=O)c3ccc4ccccc4c3)C2=O)cc1. The molecule has 1 atom stereocenters. The van der Waals surface area contributed by atoms with E-state index < -0.39 is 27.9 Å². The molecule has 0 spiro atoms. The van der Waals surface area contributed by atoms with Crippen molar-refractivity contribution in [3.05, 3.63) is 102 Å². The number of rotatable bonds is 7. The van der Waals surface area contributed by atoms with Crippen molar-refractivity contribution < 1.29 is 22.7 Å². The van der Waals surface area contributed by atoms with Crippen LogP contribution in [0.15, 0.2) is 95.9 Å². The van der Waals surface area contributed by atoms with Crippen LogP contribution in [0.5, 0.6) is 5.75 Å². The molecule has 0 aliphatic carbocycles. The number of aryl methyl sites for hydroxylation is 1. The van der Waals surface area contributed by atoms with Gasteiger partial charge in [-0.2, -0.15) is 4.31 Å². The van der Waals surface area contributed by atoms with E-state index in [1.54, 1.807) is 42.5 Å². The van der Waals surface area contributed by atoms with E-state index in [2.05, 4.69) is 0 Å². The molecule has 0 N–H and O–H groups in total. The minimum Gasteiger partial charge on any atom is -0.497 e. The van der Waals surface area contributed by atoms with E-state index >= 15 is 0 Å². The van der Waals surface area contributed by atoms with Gasteiger partial charge in [-0.05, 0) is 59.7 Å². The monoisotopic (exact) mass is 514 g/mol. The summed E-state index contributed by atoms with van der Waals surface area (Å²) in [7, 11) is -2.62. The van der Waals surface area contributed by atoms with Gasteiger partial charge in [-0.15, -0.1) is 0 Å². The van der Waals surface area contributed by atoms with Crippen LogP contribution in [-0.4, -0.2) is 37.7 Å². The molecule has 1 fully saturated rings. The summed E-state index contributed by atoms with van der Waals surface area (Å²) in [5.74, 6) is -0.450. The van der Waals surface area contributed by atoms with Crippen molar-refractivity contribution in [1.29, 1.82) is 0 Å². The van der Waals surface area contributed by atoms with Gasteiger partial charge in [0.15, 0.2) is 0 Å². The van der Waals surface area contributed by atoms with Crippen molar-refractivity contribution in [2.45, 2.75) is 30.8 Å². The first kappa shape index (κ1) is 24.7. The maximum atomic E-state index is 14.0. The zero-order chi connectivity index (χ0) is 26.2. The number of amides is 2. The normalized spacial score (nSPS) is 16.1. The Kier molecular flexibility index (Phi) is 6.54. The third-order valence-corrected chi connectivity index (χ3v) is 8.44. The van der Waals surface area contributed by atoms with Gasteiger partial charge >= 0.3 is 0 Å². The minimum atomic E-state index is -4.14. The lowest BCUT2D eigenvalue weighted by Crippen LogP contribution is -2.45. The van der Waals surface area contributed by atoms with Crippen LogP contribution in [0.25, 0.3) is 10.8 Å². The van der Waals surface area contributed by atoms with E-state index in [4.69, 9.17) is 4.74 Å². The van der Waals surface area contributed by atoms with Crippen molar-refractivity contribution >= 4 is 38.3 Å². The summed E-state index contributed by atoms with van der Waals surface area (Å²) in [5.41, 5.74) is 2.13. The van der Waals surface area contributed by atoms with E-state index in [-0.39, 0.29) is 17.9 Å². The van der Waals surface area contributed by atoms with E-state index in [1.807, 2.05) is 55.5 Å². The number of carbonyl (C=O) groups is 2. The van der Waals surface area contributed by atoms with Crippen molar-refractivity contribution in [3.8, 4) is 5.75 Å². The Morgan fingerprint density at radius 2 is 1.57 bits per heavy atom. The number of hydrogen-bond acceptors (Lipinski definition) is 5. The molecule has 0 bridgehead atoms.